The Bertz CT molecular complexity index is 8230. The van der Waals surface area contributed by atoms with E-state index in [1.54, 1.807) is 72.8 Å². The molecule has 20 aromatic carbocycles. The Morgan fingerprint density at radius 2 is 0.229 bits per heavy atom. The topological polar surface area (TPSA) is 116 Å². The van der Waals surface area contributed by atoms with Crippen molar-refractivity contribution in [1.82, 2.24) is 44.9 Å². The lowest BCUT2D eigenvalue weighted by Gasteiger charge is -2.10. The SMILES string of the molecule is Fc1ccc(-c2nc(-c3ccc(F)cc3)nc(-c3ccc(-c4cccc(-c5ccc6ccc(-c7ccccc7)cc6c5)c4)cc3)n2)cc1.Fc1ccc(-c2nc(-c3ccc(F)cc3)nc(-c3ccc(-c4cccc(-c5cccc(-c6ccc7ccccc7c6)c5)c4)cc3)n2)cc1.Fc1ccc(-c2nc(-c3ccc(F)cc3)nc(-c3ccc(-c4cccc(-c5cccc(-c6ccccc6)c5)c4)cc3)n2)cc1. The fraction of sp³-hybridized carbons (Fsp3) is 0. The maximum Gasteiger partial charge on any atom is 0.164 e. The van der Waals surface area contributed by atoms with E-state index in [0.717, 1.165) is 83.5 Å². The summed E-state index contributed by atoms with van der Waals surface area (Å²) < 4.78 is 82.0. The van der Waals surface area contributed by atoms with Crippen molar-refractivity contribution in [2.45, 2.75) is 0 Å². The van der Waals surface area contributed by atoms with Gasteiger partial charge < -0.3 is 0 Å². The van der Waals surface area contributed by atoms with Crippen molar-refractivity contribution >= 4 is 21.5 Å². The molecule has 0 fully saturated rings. The number of hydrogen-bond acceptors (Lipinski definition) is 9. The van der Waals surface area contributed by atoms with Crippen LogP contribution >= 0.6 is 0 Å². The molecular formula is C125H79F6N9. The third kappa shape index (κ3) is 20.3. The van der Waals surface area contributed by atoms with Gasteiger partial charge in [0.15, 0.2) is 52.4 Å². The minimum Gasteiger partial charge on any atom is -0.208 e. The Hall–Kier alpha value is -18.5. The van der Waals surface area contributed by atoms with Crippen LogP contribution in [0.15, 0.2) is 479 Å². The van der Waals surface area contributed by atoms with E-state index in [4.69, 9.17) is 29.9 Å². The third-order valence-electron chi connectivity index (χ3n) is 24.4. The van der Waals surface area contributed by atoms with Crippen molar-refractivity contribution in [3.8, 4) is 203 Å². The highest BCUT2D eigenvalue weighted by Crippen LogP contribution is 2.39. The van der Waals surface area contributed by atoms with E-state index >= 15 is 0 Å². The highest BCUT2D eigenvalue weighted by atomic mass is 19.1. The molecule has 0 bridgehead atoms. The van der Waals surface area contributed by atoms with E-state index in [1.165, 1.54) is 128 Å². The molecule has 9 nitrogen and oxygen atoms in total. The predicted molar refractivity (Wildman–Crippen MR) is 552 cm³/mol. The summed E-state index contributed by atoms with van der Waals surface area (Å²) in [6.45, 7) is 0. The summed E-state index contributed by atoms with van der Waals surface area (Å²) in [5.41, 5.74) is 26.7. The molecule has 666 valence electrons. The van der Waals surface area contributed by atoms with Gasteiger partial charge in [0.2, 0.25) is 0 Å². The van der Waals surface area contributed by atoms with Gasteiger partial charge in [-0.3, -0.25) is 0 Å². The minimum absolute atomic E-state index is 0.342. The zero-order chi connectivity index (χ0) is 94.8. The predicted octanol–water partition coefficient (Wildman–Crippen LogP) is 32.8. The molecule has 0 aliphatic carbocycles. The Kier molecular flexibility index (Phi) is 25.2. The second-order valence-corrected chi connectivity index (χ2v) is 33.7. The zero-order valence-electron chi connectivity index (χ0n) is 74.9. The maximum atomic E-state index is 13.7. The van der Waals surface area contributed by atoms with Gasteiger partial charge in [-0.15, -0.1) is 0 Å². The van der Waals surface area contributed by atoms with Gasteiger partial charge in [0.25, 0.3) is 0 Å². The highest BCUT2D eigenvalue weighted by Gasteiger charge is 2.20. The molecule has 23 rings (SSSR count). The van der Waals surface area contributed by atoms with Gasteiger partial charge in [0.05, 0.1) is 0 Å². The van der Waals surface area contributed by atoms with Crippen molar-refractivity contribution in [2.75, 3.05) is 0 Å². The second-order valence-electron chi connectivity index (χ2n) is 33.7. The van der Waals surface area contributed by atoms with E-state index in [-0.39, 0.29) is 34.9 Å². The summed E-state index contributed by atoms with van der Waals surface area (Å²) in [4.78, 5) is 42.3. The molecule has 15 heteroatoms. The van der Waals surface area contributed by atoms with Crippen LogP contribution in [0.1, 0.15) is 0 Å². The Balaban J connectivity index is 0.000000125. The molecule has 140 heavy (non-hydrogen) atoms. The van der Waals surface area contributed by atoms with Crippen molar-refractivity contribution < 1.29 is 26.3 Å². The van der Waals surface area contributed by atoms with Crippen LogP contribution < -0.4 is 0 Å². The first-order valence-corrected chi connectivity index (χ1v) is 45.5. The molecule has 3 heterocycles. The largest absolute Gasteiger partial charge is 0.208 e. The summed E-state index contributed by atoms with van der Waals surface area (Å²) in [5.74, 6) is 1.78. The molecule has 0 N–H and O–H groups in total. The Morgan fingerprint density at radius 1 is 0.0929 bits per heavy atom. The summed E-state index contributed by atoms with van der Waals surface area (Å²) >= 11 is 0. The first kappa shape index (κ1) is 88.1. The van der Waals surface area contributed by atoms with Crippen LogP contribution in [0.3, 0.4) is 0 Å². The minimum atomic E-state index is -0.343. The molecule has 0 spiro atoms. The van der Waals surface area contributed by atoms with E-state index in [9.17, 15) is 26.3 Å². The third-order valence-corrected chi connectivity index (χ3v) is 24.4. The van der Waals surface area contributed by atoms with Crippen molar-refractivity contribution in [3.63, 3.8) is 0 Å². The number of fused-ring (bicyclic) bond motifs is 2. The van der Waals surface area contributed by atoms with Crippen LogP contribution in [0.2, 0.25) is 0 Å². The van der Waals surface area contributed by atoms with E-state index < -0.39 is 0 Å². The monoisotopic (exact) mass is 1820 g/mol. The fourth-order valence-corrected chi connectivity index (χ4v) is 16.9. The lowest BCUT2D eigenvalue weighted by Crippen LogP contribution is -2.00. The van der Waals surface area contributed by atoms with Crippen molar-refractivity contribution in [1.29, 1.82) is 0 Å². The summed E-state index contributed by atoms with van der Waals surface area (Å²) in [6.07, 6.45) is 0. The molecule has 0 radical (unpaired) electrons. The molecular weight excluding hydrogens is 1740 g/mol. The van der Waals surface area contributed by atoms with Crippen LogP contribution in [0, 0.1) is 34.9 Å². The van der Waals surface area contributed by atoms with Gasteiger partial charge in [0.1, 0.15) is 34.9 Å². The molecule has 0 saturated heterocycles. The van der Waals surface area contributed by atoms with Gasteiger partial charge in [-0.1, -0.05) is 285 Å². The van der Waals surface area contributed by atoms with Crippen LogP contribution in [-0.4, -0.2) is 44.9 Å². The number of nitrogens with zero attached hydrogens (tertiary/aromatic N) is 9. The van der Waals surface area contributed by atoms with Gasteiger partial charge >= 0.3 is 0 Å². The van der Waals surface area contributed by atoms with Gasteiger partial charge in [-0.2, -0.15) is 0 Å². The quantitative estimate of drug-likeness (QED) is 0.0774. The molecule has 3 aromatic heterocycles. The standard InChI is InChI=1S/2C43H27F2N3.C39H25F2N3/c44-39-21-17-31(18-22-39)42-46-41(47-43(48-42)32-19-23-40(45)24-20-32)30-14-11-29(12-15-30)34-7-3-8-35(25-34)36-9-4-10-37(27-36)38-16-13-28-5-1-2-6-33(28)26-38;44-39-21-17-32(18-22-39)42-46-41(47-43(48-42)33-19-23-40(45)24-20-33)31-13-9-29(10-14-31)34-7-4-8-35(25-34)37-16-12-30-11-15-36(26-38(30)27-37)28-5-2-1-3-6-28;40-35-20-16-29(17-21-35)38-42-37(43-39(44-38)30-18-22-36(41)23-19-30)28-14-12-27(13-15-28)32-9-5-11-34(25-32)33-10-4-8-31(24-33)26-6-2-1-3-7-26/h2*1-27H;1-25H. The van der Waals surface area contributed by atoms with Crippen molar-refractivity contribution in [3.05, 3.63) is 514 Å². The number of rotatable bonds is 18. The van der Waals surface area contributed by atoms with Gasteiger partial charge in [-0.25, -0.2) is 71.2 Å². The molecule has 0 aliphatic rings. The van der Waals surface area contributed by atoms with Crippen LogP contribution in [-0.2, 0) is 0 Å². The van der Waals surface area contributed by atoms with E-state index in [0.29, 0.717) is 85.8 Å². The number of hydrogen-bond donors (Lipinski definition) is 0. The molecule has 0 atom stereocenters. The molecule has 0 unspecified atom stereocenters. The Labute approximate surface area is 804 Å². The number of halogens is 6. The first-order valence-electron chi connectivity index (χ1n) is 45.5. The van der Waals surface area contributed by atoms with E-state index in [1.807, 2.05) is 60.7 Å². The average molecular weight is 1820 g/mol. The van der Waals surface area contributed by atoms with Gasteiger partial charge in [0, 0.05) is 50.1 Å². The fourth-order valence-electron chi connectivity index (χ4n) is 16.9. The van der Waals surface area contributed by atoms with Gasteiger partial charge in [-0.05, 0) is 316 Å². The summed E-state index contributed by atoms with van der Waals surface area (Å²) in [7, 11) is 0. The van der Waals surface area contributed by atoms with Crippen LogP contribution in [0.4, 0.5) is 26.3 Å². The molecule has 0 aliphatic heterocycles. The highest BCUT2D eigenvalue weighted by molar-refractivity contribution is 5.93. The average Bonchev–Trinajstić information content (AvgIpc) is 0.832. The van der Waals surface area contributed by atoms with Crippen LogP contribution in [0.25, 0.3) is 224 Å². The molecule has 0 amide bonds. The van der Waals surface area contributed by atoms with Crippen LogP contribution in [0.5, 0.6) is 0 Å². The number of benzene rings is 20. The Morgan fingerprint density at radius 3 is 0.450 bits per heavy atom. The lowest BCUT2D eigenvalue weighted by atomic mass is 9.95. The molecule has 0 saturated carbocycles. The summed E-state index contributed by atoms with van der Waals surface area (Å²) in [6, 6.07) is 152. The number of aromatic nitrogens is 9. The second kappa shape index (κ2) is 40.0. The normalized spacial score (nSPS) is 11.1. The maximum absolute atomic E-state index is 13.7. The molecule has 23 aromatic rings. The smallest absolute Gasteiger partial charge is 0.164 e. The lowest BCUT2D eigenvalue weighted by molar-refractivity contribution is 0.627. The summed E-state index contributed by atoms with van der Waals surface area (Å²) in [5, 5.41) is 4.85. The van der Waals surface area contributed by atoms with E-state index in [2.05, 4.69) is 288 Å². The zero-order valence-corrected chi connectivity index (χ0v) is 74.9. The van der Waals surface area contributed by atoms with Crippen molar-refractivity contribution in [2.24, 2.45) is 0 Å². The first-order chi connectivity index (χ1) is 68.7.